The Labute approximate surface area is 206 Å². The van der Waals surface area contributed by atoms with Crippen LogP contribution in [-0.4, -0.2) is 0 Å². The molecule has 0 nitrogen and oxygen atoms in total. The summed E-state index contributed by atoms with van der Waals surface area (Å²) in [6.07, 6.45) is 12.9. The minimum atomic E-state index is -0.553. The third-order valence-corrected chi connectivity index (χ3v) is 12.9. The van der Waals surface area contributed by atoms with Crippen molar-refractivity contribution in [3.05, 3.63) is 82.4 Å². The first-order valence-electron chi connectivity index (χ1n) is 11.0. The van der Waals surface area contributed by atoms with E-state index in [9.17, 15) is 0 Å². The third kappa shape index (κ3) is 4.33. The number of hydrogen-bond donors (Lipinski definition) is 0. The van der Waals surface area contributed by atoms with Crippen LogP contribution in [0.3, 0.4) is 0 Å². The Morgan fingerprint density at radius 2 is 1.70 bits per heavy atom. The SMILES string of the molecule is CC[C](C)(CCCC1C=Cc2ccccc21)[Zr+2][CH]1C2=C(CC2)c2ccccc21.[Cl-].[Cl-]. The third-order valence-electron chi connectivity index (χ3n) is 7.40. The fourth-order valence-corrected chi connectivity index (χ4v) is 10.6. The average Bonchev–Trinajstić information content (AvgIpc) is 3.18. The van der Waals surface area contributed by atoms with Gasteiger partial charge in [0.25, 0.3) is 0 Å². The molecular formula is C27H30Cl2Zr. The second-order valence-corrected chi connectivity index (χ2v) is 14.2. The summed E-state index contributed by atoms with van der Waals surface area (Å²) >= 11 is -0.553. The number of hydrogen-bond acceptors (Lipinski definition) is 0. The van der Waals surface area contributed by atoms with Crippen molar-refractivity contribution >= 4 is 11.6 Å². The summed E-state index contributed by atoms with van der Waals surface area (Å²) in [4.78, 5) is 0. The predicted molar refractivity (Wildman–Crippen MR) is 116 cm³/mol. The predicted octanol–water partition coefficient (Wildman–Crippen LogP) is 1.95. The van der Waals surface area contributed by atoms with Crippen molar-refractivity contribution in [1.82, 2.24) is 0 Å². The van der Waals surface area contributed by atoms with Crippen LogP contribution in [0.5, 0.6) is 0 Å². The van der Waals surface area contributed by atoms with Crippen molar-refractivity contribution in [2.75, 3.05) is 0 Å². The van der Waals surface area contributed by atoms with Crippen LogP contribution in [0.15, 0.2) is 60.2 Å². The molecule has 0 spiro atoms. The van der Waals surface area contributed by atoms with Crippen molar-refractivity contribution in [3.63, 3.8) is 0 Å². The summed E-state index contributed by atoms with van der Waals surface area (Å²) in [6.45, 7) is 5.07. The van der Waals surface area contributed by atoms with Crippen molar-refractivity contribution in [2.24, 2.45) is 0 Å². The van der Waals surface area contributed by atoms with Crippen LogP contribution in [0.2, 0.25) is 3.12 Å². The van der Waals surface area contributed by atoms with E-state index in [-0.39, 0.29) is 24.8 Å². The van der Waals surface area contributed by atoms with E-state index in [0.717, 1.165) is 3.63 Å². The van der Waals surface area contributed by atoms with Gasteiger partial charge in [-0.05, 0) is 0 Å². The van der Waals surface area contributed by atoms with Gasteiger partial charge in [-0.1, -0.05) is 0 Å². The first-order chi connectivity index (χ1) is 13.7. The summed E-state index contributed by atoms with van der Waals surface area (Å²) in [5, 5.41) is 0. The number of benzene rings is 2. The van der Waals surface area contributed by atoms with Gasteiger partial charge in [-0.3, -0.25) is 0 Å². The first-order valence-corrected chi connectivity index (χ1v) is 13.7. The molecule has 0 heterocycles. The second kappa shape index (κ2) is 9.89. The molecule has 5 rings (SSSR count). The largest absolute Gasteiger partial charge is 1.00 e. The topological polar surface area (TPSA) is 0 Å². The molecule has 30 heavy (non-hydrogen) atoms. The number of rotatable bonds is 7. The van der Waals surface area contributed by atoms with E-state index in [1.54, 1.807) is 22.3 Å². The molecular weight excluding hydrogens is 486 g/mol. The Morgan fingerprint density at radius 3 is 2.43 bits per heavy atom. The molecule has 0 amide bonds. The van der Waals surface area contributed by atoms with Crippen LogP contribution in [0.1, 0.15) is 84.2 Å². The Bertz CT molecular complexity index is 961. The smallest absolute Gasteiger partial charge is 1.00 e. The van der Waals surface area contributed by atoms with Gasteiger partial charge in [0, 0.05) is 0 Å². The molecule has 3 heteroatoms. The molecule has 2 aromatic carbocycles. The summed E-state index contributed by atoms with van der Waals surface area (Å²) in [6, 6.07) is 18.3. The molecule has 3 aliphatic carbocycles. The van der Waals surface area contributed by atoms with E-state index in [0.29, 0.717) is 9.04 Å². The normalized spacial score (nSPS) is 21.9. The summed E-state index contributed by atoms with van der Waals surface area (Å²) in [5.41, 5.74) is 9.88. The van der Waals surface area contributed by atoms with Crippen LogP contribution >= 0.6 is 0 Å². The maximum absolute atomic E-state index is 2.62. The quantitative estimate of drug-likeness (QED) is 0.528. The average molecular weight is 517 g/mol. The van der Waals surface area contributed by atoms with Crippen LogP contribution in [0.25, 0.3) is 11.6 Å². The summed E-state index contributed by atoms with van der Waals surface area (Å²) < 4.78 is 1.47. The van der Waals surface area contributed by atoms with E-state index >= 15 is 0 Å². The zero-order valence-electron chi connectivity index (χ0n) is 17.9. The minimum absolute atomic E-state index is 0. The first kappa shape index (κ1) is 24.0. The zero-order valence-corrected chi connectivity index (χ0v) is 21.9. The van der Waals surface area contributed by atoms with E-state index in [4.69, 9.17) is 0 Å². The van der Waals surface area contributed by atoms with E-state index in [2.05, 4.69) is 74.5 Å². The van der Waals surface area contributed by atoms with Crippen molar-refractivity contribution < 1.29 is 48.0 Å². The molecule has 0 saturated heterocycles. The molecule has 2 aromatic rings. The van der Waals surface area contributed by atoms with Gasteiger partial charge in [-0.15, -0.1) is 0 Å². The van der Waals surface area contributed by atoms with E-state index < -0.39 is 23.2 Å². The van der Waals surface area contributed by atoms with E-state index in [1.165, 1.54) is 44.1 Å². The Kier molecular flexibility index (Phi) is 7.93. The van der Waals surface area contributed by atoms with Gasteiger partial charge in [0.15, 0.2) is 0 Å². The van der Waals surface area contributed by atoms with Gasteiger partial charge in [0.2, 0.25) is 0 Å². The Balaban J connectivity index is 0.00000128. The molecule has 0 radical (unpaired) electrons. The van der Waals surface area contributed by atoms with Gasteiger partial charge < -0.3 is 24.8 Å². The maximum Gasteiger partial charge on any atom is -1.00 e. The fourth-order valence-electron chi connectivity index (χ4n) is 5.38. The van der Waals surface area contributed by atoms with Crippen molar-refractivity contribution in [2.45, 2.75) is 65.0 Å². The van der Waals surface area contributed by atoms with Crippen molar-refractivity contribution in [3.8, 4) is 0 Å². The molecule has 3 aliphatic rings. The molecule has 0 bridgehead atoms. The van der Waals surface area contributed by atoms with E-state index in [1.807, 2.05) is 5.57 Å². The monoisotopic (exact) mass is 514 g/mol. The summed E-state index contributed by atoms with van der Waals surface area (Å²) in [5.74, 6) is 0.649. The van der Waals surface area contributed by atoms with Gasteiger partial charge in [-0.25, -0.2) is 0 Å². The van der Waals surface area contributed by atoms with Crippen LogP contribution < -0.4 is 24.8 Å². The van der Waals surface area contributed by atoms with Crippen LogP contribution in [0.4, 0.5) is 0 Å². The molecule has 0 N–H and O–H groups in total. The van der Waals surface area contributed by atoms with Gasteiger partial charge in [-0.2, -0.15) is 0 Å². The molecule has 156 valence electrons. The van der Waals surface area contributed by atoms with Crippen molar-refractivity contribution in [1.29, 1.82) is 0 Å². The molecule has 0 aliphatic heterocycles. The molecule has 0 fully saturated rings. The Morgan fingerprint density at radius 1 is 0.967 bits per heavy atom. The minimum Gasteiger partial charge on any atom is -1.00 e. The van der Waals surface area contributed by atoms with Gasteiger partial charge in [0.1, 0.15) is 0 Å². The molecule has 3 atom stereocenters. The maximum atomic E-state index is 2.62. The molecule has 0 aromatic heterocycles. The van der Waals surface area contributed by atoms with Gasteiger partial charge in [0.05, 0.1) is 0 Å². The fraction of sp³-hybridized carbons (Fsp3) is 0.407. The standard InChI is InChI=1S/C16H21.C11H9.2ClH.Zr/c1-3-13(2)7-6-9-15-12-11-14-8-4-5-10-16(14)15;1-2-4-10-8(3-1)7-9-5-6-11(9)10;;;/h4-5,8,10-12,15H,3,6-7,9H2,1-2H3;1-4,7H,5-6H2;2*1H;/q;;;;+2/p-2. The number of fused-ring (bicyclic) bond motifs is 3. The van der Waals surface area contributed by atoms with Gasteiger partial charge >= 0.3 is 182 Å². The number of allylic oxidation sites excluding steroid dienone is 3. The van der Waals surface area contributed by atoms with Crippen LogP contribution in [0, 0.1) is 0 Å². The van der Waals surface area contributed by atoms with Crippen LogP contribution in [-0.2, 0) is 23.2 Å². The molecule has 0 saturated carbocycles. The second-order valence-electron chi connectivity index (χ2n) is 9.07. The zero-order chi connectivity index (χ0) is 19.1. The number of halogens is 2. The summed E-state index contributed by atoms with van der Waals surface area (Å²) in [7, 11) is 0. The Hall–Kier alpha value is -0.617. The molecule has 3 unspecified atom stereocenters.